The zero-order valence-corrected chi connectivity index (χ0v) is 19.6. The zero-order chi connectivity index (χ0) is 23.7. The molecule has 0 saturated heterocycles. The molecule has 4 aromatic rings. The van der Waals surface area contributed by atoms with E-state index < -0.39 is 6.10 Å². The number of anilines is 2. The predicted octanol–water partition coefficient (Wildman–Crippen LogP) is 5.54. The average molecular weight is 470 g/mol. The fraction of sp³-hybridized carbons (Fsp3) is 0.148. The van der Waals surface area contributed by atoms with E-state index in [4.69, 9.17) is 9.72 Å². The van der Waals surface area contributed by atoms with E-state index in [1.807, 2.05) is 85.1 Å². The van der Waals surface area contributed by atoms with E-state index in [-0.39, 0.29) is 18.4 Å². The van der Waals surface area contributed by atoms with Gasteiger partial charge in [-0.15, -0.1) is 11.3 Å². The summed E-state index contributed by atoms with van der Waals surface area (Å²) in [7, 11) is 0. The van der Waals surface area contributed by atoms with E-state index >= 15 is 0 Å². The Bertz CT molecular complexity index is 1370. The van der Waals surface area contributed by atoms with Gasteiger partial charge in [0.25, 0.3) is 5.91 Å². The summed E-state index contributed by atoms with van der Waals surface area (Å²) in [6.45, 7) is 3.54. The fourth-order valence-corrected chi connectivity index (χ4v) is 4.75. The summed E-state index contributed by atoms with van der Waals surface area (Å²) in [4.78, 5) is 32.1. The quantitative estimate of drug-likeness (QED) is 0.417. The van der Waals surface area contributed by atoms with Crippen molar-refractivity contribution in [3.05, 3.63) is 83.7 Å². The van der Waals surface area contributed by atoms with Gasteiger partial charge >= 0.3 is 0 Å². The van der Waals surface area contributed by atoms with Crippen LogP contribution in [-0.4, -0.2) is 29.4 Å². The minimum absolute atomic E-state index is 0.108. The molecule has 170 valence electrons. The topological polar surface area (TPSA) is 71.5 Å². The molecule has 2 amide bonds. The van der Waals surface area contributed by atoms with Crippen molar-refractivity contribution in [2.75, 3.05) is 16.8 Å². The van der Waals surface area contributed by atoms with Crippen LogP contribution in [0.3, 0.4) is 0 Å². The Labute approximate surface area is 201 Å². The molecule has 0 saturated carbocycles. The van der Waals surface area contributed by atoms with Crippen molar-refractivity contribution < 1.29 is 14.3 Å². The molecule has 0 fully saturated rings. The number of nitrogens with one attached hydrogen (secondary N) is 1. The van der Waals surface area contributed by atoms with Crippen LogP contribution in [0.4, 0.5) is 11.4 Å². The second-order valence-electron chi connectivity index (χ2n) is 8.19. The molecule has 1 aliphatic heterocycles. The van der Waals surface area contributed by atoms with Gasteiger partial charge in [-0.3, -0.25) is 14.5 Å². The molecule has 7 heteroatoms. The van der Waals surface area contributed by atoms with Crippen LogP contribution in [0.5, 0.6) is 5.75 Å². The highest BCUT2D eigenvalue weighted by Crippen LogP contribution is 2.38. The standard InChI is InChI=1S/C27H23N3O3S/c1-17-7-6-10-21(13-17)28-25(31)15-30-23-14-20(11-12-24(23)33-18(2)27(30)32)22-16-34-26(29-22)19-8-4-3-5-9-19/h3-14,16,18H,15H2,1-2H3,(H,28,31). The number of amides is 2. The smallest absolute Gasteiger partial charge is 0.268 e. The Morgan fingerprint density at radius 2 is 1.88 bits per heavy atom. The van der Waals surface area contributed by atoms with Crippen molar-refractivity contribution in [3.63, 3.8) is 0 Å². The molecule has 1 aromatic heterocycles. The predicted molar refractivity (Wildman–Crippen MR) is 135 cm³/mol. The lowest BCUT2D eigenvalue weighted by molar-refractivity contribution is -0.127. The van der Waals surface area contributed by atoms with Gasteiger partial charge in [-0.1, -0.05) is 42.5 Å². The second kappa shape index (κ2) is 9.11. The summed E-state index contributed by atoms with van der Waals surface area (Å²) in [6, 6.07) is 23.2. The molecule has 2 heterocycles. The number of carbonyl (C=O) groups is 2. The van der Waals surface area contributed by atoms with Crippen LogP contribution in [0.15, 0.2) is 78.2 Å². The molecule has 0 bridgehead atoms. The number of carbonyl (C=O) groups excluding carboxylic acids is 2. The first-order valence-corrected chi connectivity index (χ1v) is 11.9. The normalized spacial score (nSPS) is 14.9. The molecule has 0 radical (unpaired) electrons. The van der Waals surface area contributed by atoms with Crippen LogP contribution in [0.1, 0.15) is 12.5 Å². The van der Waals surface area contributed by atoms with Gasteiger partial charge in [0.15, 0.2) is 6.10 Å². The van der Waals surface area contributed by atoms with Crippen molar-refractivity contribution in [1.29, 1.82) is 0 Å². The van der Waals surface area contributed by atoms with Crippen molar-refractivity contribution >= 4 is 34.5 Å². The lowest BCUT2D eigenvalue weighted by Gasteiger charge is -2.32. The summed E-state index contributed by atoms with van der Waals surface area (Å²) >= 11 is 1.56. The second-order valence-corrected chi connectivity index (χ2v) is 9.05. The highest BCUT2D eigenvalue weighted by molar-refractivity contribution is 7.13. The van der Waals surface area contributed by atoms with E-state index in [0.717, 1.165) is 27.4 Å². The maximum Gasteiger partial charge on any atom is 0.268 e. The van der Waals surface area contributed by atoms with Crippen LogP contribution in [0.25, 0.3) is 21.8 Å². The number of aromatic nitrogens is 1. The summed E-state index contributed by atoms with van der Waals surface area (Å²) in [6.07, 6.45) is -0.672. The van der Waals surface area contributed by atoms with E-state index in [1.165, 1.54) is 4.90 Å². The number of aryl methyl sites for hydroxylation is 1. The van der Waals surface area contributed by atoms with Crippen molar-refractivity contribution in [1.82, 2.24) is 4.98 Å². The zero-order valence-electron chi connectivity index (χ0n) is 18.8. The third-order valence-electron chi connectivity index (χ3n) is 5.59. The molecule has 3 aromatic carbocycles. The minimum Gasteiger partial charge on any atom is -0.479 e. The van der Waals surface area contributed by atoms with Gasteiger partial charge in [0.1, 0.15) is 17.3 Å². The largest absolute Gasteiger partial charge is 0.479 e. The van der Waals surface area contributed by atoms with Crippen molar-refractivity contribution in [3.8, 4) is 27.6 Å². The molecule has 6 nitrogen and oxygen atoms in total. The highest BCUT2D eigenvalue weighted by atomic mass is 32.1. The molecule has 34 heavy (non-hydrogen) atoms. The molecular weight excluding hydrogens is 446 g/mol. The molecule has 1 atom stereocenters. The number of nitrogens with zero attached hydrogens (tertiary/aromatic N) is 2. The molecular formula is C27H23N3O3S. The summed E-state index contributed by atoms with van der Waals surface area (Å²) in [5.74, 6) is 0.0365. The van der Waals surface area contributed by atoms with E-state index in [2.05, 4.69) is 5.32 Å². The van der Waals surface area contributed by atoms with Crippen molar-refractivity contribution in [2.24, 2.45) is 0 Å². The summed E-state index contributed by atoms with van der Waals surface area (Å²) in [5, 5.41) is 5.79. The number of hydrogen-bond donors (Lipinski definition) is 1. The van der Waals surface area contributed by atoms with Gasteiger partial charge in [0.05, 0.1) is 11.4 Å². The maximum absolute atomic E-state index is 13.0. The van der Waals surface area contributed by atoms with Gasteiger partial charge in [-0.2, -0.15) is 0 Å². The molecule has 1 aliphatic rings. The first-order valence-electron chi connectivity index (χ1n) is 11.0. The molecule has 1 unspecified atom stereocenters. The minimum atomic E-state index is -0.672. The molecule has 1 N–H and O–H groups in total. The monoisotopic (exact) mass is 469 g/mol. The third kappa shape index (κ3) is 4.43. The Kier molecular flexibility index (Phi) is 5.86. The lowest BCUT2D eigenvalue weighted by atomic mass is 10.1. The first kappa shape index (κ1) is 21.9. The van der Waals surface area contributed by atoms with E-state index in [1.54, 1.807) is 18.3 Å². The lowest BCUT2D eigenvalue weighted by Crippen LogP contribution is -2.47. The van der Waals surface area contributed by atoms with Crippen LogP contribution < -0.4 is 15.0 Å². The fourth-order valence-electron chi connectivity index (χ4n) is 3.92. The third-order valence-corrected chi connectivity index (χ3v) is 6.48. The number of thiazole rings is 1. The first-order chi connectivity index (χ1) is 16.5. The van der Waals surface area contributed by atoms with Crippen LogP contribution >= 0.6 is 11.3 Å². The van der Waals surface area contributed by atoms with Gasteiger partial charge in [0.2, 0.25) is 5.91 Å². The Hall–Kier alpha value is -3.97. The number of hydrogen-bond acceptors (Lipinski definition) is 5. The average Bonchev–Trinajstić information content (AvgIpc) is 3.33. The summed E-state index contributed by atoms with van der Waals surface area (Å²) in [5.41, 5.74) is 5.02. The number of rotatable bonds is 5. The van der Waals surface area contributed by atoms with Gasteiger partial charge in [0, 0.05) is 22.2 Å². The molecule has 0 aliphatic carbocycles. The van der Waals surface area contributed by atoms with Crippen LogP contribution in [0, 0.1) is 6.92 Å². The Balaban J connectivity index is 1.43. The number of benzene rings is 3. The van der Waals surface area contributed by atoms with Gasteiger partial charge < -0.3 is 10.1 Å². The summed E-state index contributed by atoms with van der Waals surface area (Å²) < 4.78 is 5.81. The molecule has 0 spiro atoms. The number of ether oxygens (including phenoxy) is 1. The highest BCUT2D eigenvalue weighted by Gasteiger charge is 2.33. The van der Waals surface area contributed by atoms with E-state index in [0.29, 0.717) is 17.1 Å². The van der Waals surface area contributed by atoms with Crippen molar-refractivity contribution in [2.45, 2.75) is 20.0 Å². The SMILES string of the molecule is Cc1cccc(NC(=O)CN2C(=O)C(C)Oc3ccc(-c4csc(-c5ccccc5)n4)cc32)c1. The van der Waals surface area contributed by atoms with E-state index in [9.17, 15) is 9.59 Å². The van der Waals surface area contributed by atoms with Crippen LogP contribution in [0.2, 0.25) is 0 Å². The van der Waals surface area contributed by atoms with Gasteiger partial charge in [-0.25, -0.2) is 4.98 Å². The van der Waals surface area contributed by atoms with Crippen LogP contribution in [-0.2, 0) is 9.59 Å². The Morgan fingerprint density at radius 1 is 1.06 bits per heavy atom. The maximum atomic E-state index is 13.0. The molecule has 5 rings (SSSR count). The number of fused-ring (bicyclic) bond motifs is 1. The Morgan fingerprint density at radius 3 is 2.68 bits per heavy atom. The van der Waals surface area contributed by atoms with Gasteiger partial charge in [-0.05, 0) is 49.7 Å².